The predicted molar refractivity (Wildman–Crippen MR) is 99.8 cm³/mol. The molecule has 2 atom stereocenters. The highest BCUT2D eigenvalue weighted by Crippen LogP contribution is 2.44. The Labute approximate surface area is 160 Å². The van der Waals surface area contributed by atoms with Gasteiger partial charge in [-0.05, 0) is 62.8 Å². The molecule has 8 heteroatoms. The van der Waals surface area contributed by atoms with E-state index >= 15 is 0 Å². The third-order valence-corrected chi connectivity index (χ3v) is 7.75. The number of hydrogen-bond donors (Lipinski definition) is 1. The summed E-state index contributed by atoms with van der Waals surface area (Å²) < 4.78 is 26.3. The van der Waals surface area contributed by atoms with E-state index in [-0.39, 0.29) is 29.3 Å². The maximum atomic E-state index is 12.8. The first-order valence-electron chi connectivity index (χ1n) is 9.23. The number of sulfonamides is 1. The van der Waals surface area contributed by atoms with Crippen LogP contribution in [0.2, 0.25) is 0 Å². The van der Waals surface area contributed by atoms with Gasteiger partial charge in [-0.15, -0.1) is 0 Å². The van der Waals surface area contributed by atoms with Crippen molar-refractivity contribution in [2.75, 3.05) is 20.1 Å². The van der Waals surface area contributed by atoms with Crippen LogP contribution in [0, 0.1) is 17.8 Å². The van der Waals surface area contributed by atoms with E-state index in [1.807, 2.05) is 0 Å². The maximum absolute atomic E-state index is 12.8. The molecule has 27 heavy (non-hydrogen) atoms. The van der Waals surface area contributed by atoms with E-state index in [0.717, 1.165) is 12.8 Å². The lowest BCUT2D eigenvalue weighted by Crippen LogP contribution is -2.33. The molecule has 1 N–H and O–H groups in total. The van der Waals surface area contributed by atoms with Crippen molar-refractivity contribution in [1.82, 2.24) is 9.21 Å². The van der Waals surface area contributed by atoms with Gasteiger partial charge in [0.05, 0.1) is 10.8 Å². The molecule has 148 valence electrons. The van der Waals surface area contributed by atoms with Crippen LogP contribution in [0.15, 0.2) is 29.2 Å². The Morgan fingerprint density at radius 2 is 1.74 bits per heavy atom. The summed E-state index contributed by atoms with van der Waals surface area (Å²) in [7, 11) is -2.08. The number of rotatable bonds is 6. The van der Waals surface area contributed by atoms with Gasteiger partial charge in [-0.25, -0.2) is 8.42 Å². The minimum Gasteiger partial charge on any atom is -0.481 e. The largest absolute Gasteiger partial charge is 0.481 e. The van der Waals surface area contributed by atoms with Crippen LogP contribution in [-0.4, -0.2) is 60.8 Å². The molecule has 1 aliphatic heterocycles. The molecule has 1 saturated carbocycles. The van der Waals surface area contributed by atoms with Crippen LogP contribution in [-0.2, 0) is 14.8 Å². The van der Waals surface area contributed by atoms with Gasteiger partial charge in [-0.1, -0.05) is 0 Å². The summed E-state index contributed by atoms with van der Waals surface area (Å²) in [6.45, 7) is 4.25. The van der Waals surface area contributed by atoms with Crippen LogP contribution in [0.4, 0.5) is 0 Å². The first-order chi connectivity index (χ1) is 12.6. The second-order valence-corrected chi connectivity index (χ2v) is 9.79. The highest BCUT2D eigenvalue weighted by molar-refractivity contribution is 7.89. The predicted octanol–water partition coefficient (Wildman–Crippen LogP) is 1.90. The van der Waals surface area contributed by atoms with Crippen molar-refractivity contribution in [1.29, 1.82) is 0 Å². The topological polar surface area (TPSA) is 95.0 Å². The van der Waals surface area contributed by atoms with E-state index in [1.165, 1.54) is 35.6 Å². The molecule has 0 unspecified atom stereocenters. The van der Waals surface area contributed by atoms with Crippen molar-refractivity contribution in [2.45, 2.75) is 37.6 Å². The number of amides is 1. The number of likely N-dealkylation sites (tertiary alicyclic amines) is 1. The van der Waals surface area contributed by atoms with E-state index in [9.17, 15) is 23.1 Å². The molecule has 1 heterocycles. The number of aliphatic carboxylic acids is 1. The molecule has 1 aromatic rings. The van der Waals surface area contributed by atoms with Crippen LogP contribution >= 0.6 is 0 Å². The second kappa shape index (κ2) is 7.24. The molecule has 0 bridgehead atoms. The van der Waals surface area contributed by atoms with Gasteiger partial charge in [0.15, 0.2) is 0 Å². The summed E-state index contributed by atoms with van der Waals surface area (Å²) in [6, 6.07) is 5.70. The van der Waals surface area contributed by atoms with Crippen LogP contribution in [0.25, 0.3) is 0 Å². The van der Waals surface area contributed by atoms with E-state index in [4.69, 9.17) is 0 Å². The van der Waals surface area contributed by atoms with Gasteiger partial charge < -0.3 is 10.0 Å². The Balaban J connectivity index is 1.76. The molecule has 0 aromatic heterocycles. The zero-order valence-electron chi connectivity index (χ0n) is 15.8. The third-order valence-electron chi connectivity index (χ3n) is 5.70. The molecule has 1 amide bonds. The number of benzene rings is 1. The average molecular weight is 394 g/mol. The Bertz CT molecular complexity index is 830. The molecule has 7 nitrogen and oxygen atoms in total. The summed E-state index contributed by atoms with van der Waals surface area (Å²) in [6.07, 6.45) is 2.07. The standard InChI is InChI=1S/C19H26N2O5S/c1-12(2)20(3)27(25,26)15-8-6-14(7-9-15)18(22)21-10-16(13-4-5-13)17(11-21)19(23)24/h6-9,12-13,16-17H,4-5,10-11H2,1-3H3,(H,23,24)/t16-,17+/m1/s1. The molecule has 3 rings (SSSR count). The van der Waals surface area contributed by atoms with E-state index in [2.05, 4.69) is 0 Å². The minimum absolute atomic E-state index is 0.0193. The number of carboxylic acids is 1. The van der Waals surface area contributed by atoms with Gasteiger partial charge in [0.1, 0.15) is 0 Å². The Hall–Kier alpha value is -1.93. The molecular weight excluding hydrogens is 368 g/mol. The van der Waals surface area contributed by atoms with Gasteiger partial charge in [0.25, 0.3) is 5.91 Å². The van der Waals surface area contributed by atoms with Gasteiger partial charge in [-0.3, -0.25) is 9.59 Å². The number of nitrogens with zero attached hydrogens (tertiary/aromatic N) is 2. The molecular formula is C19H26N2O5S. The Kier molecular flexibility index (Phi) is 5.31. The van der Waals surface area contributed by atoms with Crippen molar-refractivity contribution in [2.24, 2.45) is 17.8 Å². The summed E-state index contributed by atoms with van der Waals surface area (Å²) >= 11 is 0. The van der Waals surface area contributed by atoms with E-state index in [0.29, 0.717) is 18.0 Å². The van der Waals surface area contributed by atoms with Crippen molar-refractivity contribution in [3.8, 4) is 0 Å². The molecule has 1 aromatic carbocycles. The van der Waals surface area contributed by atoms with Gasteiger partial charge in [0, 0.05) is 31.7 Å². The number of carboxylic acid groups (broad SMARTS) is 1. The van der Waals surface area contributed by atoms with Crippen molar-refractivity contribution in [3.63, 3.8) is 0 Å². The number of hydrogen-bond acceptors (Lipinski definition) is 4. The molecule has 1 saturated heterocycles. The molecule has 0 radical (unpaired) electrons. The SMILES string of the molecule is CC(C)N(C)S(=O)(=O)c1ccc(C(=O)N2C[C@H](C(=O)O)[C@@H](C3CC3)C2)cc1. The van der Waals surface area contributed by atoms with E-state index in [1.54, 1.807) is 18.7 Å². The van der Waals surface area contributed by atoms with E-state index < -0.39 is 21.9 Å². The van der Waals surface area contributed by atoms with Crippen LogP contribution in [0.5, 0.6) is 0 Å². The lowest BCUT2D eigenvalue weighted by atomic mass is 9.92. The van der Waals surface area contributed by atoms with Crippen molar-refractivity contribution in [3.05, 3.63) is 29.8 Å². The monoisotopic (exact) mass is 394 g/mol. The summed E-state index contributed by atoms with van der Waals surface area (Å²) in [5, 5.41) is 9.44. The van der Waals surface area contributed by atoms with Crippen LogP contribution in [0.1, 0.15) is 37.0 Å². The summed E-state index contributed by atoms with van der Waals surface area (Å²) in [5.74, 6) is -1.18. The number of carbonyl (C=O) groups is 2. The first-order valence-corrected chi connectivity index (χ1v) is 10.7. The lowest BCUT2D eigenvalue weighted by molar-refractivity contribution is -0.142. The minimum atomic E-state index is -3.60. The second-order valence-electron chi connectivity index (χ2n) is 7.80. The maximum Gasteiger partial charge on any atom is 0.308 e. The Morgan fingerprint density at radius 1 is 1.15 bits per heavy atom. The quantitative estimate of drug-likeness (QED) is 0.795. The molecule has 1 aliphatic carbocycles. The fourth-order valence-electron chi connectivity index (χ4n) is 3.65. The highest BCUT2D eigenvalue weighted by Gasteiger charge is 2.46. The average Bonchev–Trinajstić information content (AvgIpc) is 3.38. The fourth-order valence-corrected chi connectivity index (χ4v) is 5.02. The van der Waals surface area contributed by atoms with Crippen molar-refractivity contribution >= 4 is 21.9 Å². The normalized spacial score (nSPS) is 23.2. The molecule has 2 fully saturated rings. The van der Waals surface area contributed by atoms with Gasteiger partial charge in [0.2, 0.25) is 10.0 Å². The van der Waals surface area contributed by atoms with Crippen molar-refractivity contribution < 1.29 is 23.1 Å². The Morgan fingerprint density at radius 3 is 2.22 bits per heavy atom. The third kappa shape index (κ3) is 3.87. The molecule has 0 spiro atoms. The van der Waals surface area contributed by atoms with Crippen LogP contribution < -0.4 is 0 Å². The summed E-state index contributed by atoms with van der Waals surface area (Å²) in [4.78, 5) is 26.0. The first kappa shape index (κ1) is 19.8. The summed E-state index contributed by atoms with van der Waals surface area (Å²) in [5.41, 5.74) is 0.377. The zero-order valence-corrected chi connectivity index (χ0v) is 16.6. The van der Waals surface area contributed by atoms with Gasteiger partial charge >= 0.3 is 5.97 Å². The highest BCUT2D eigenvalue weighted by atomic mass is 32.2. The lowest BCUT2D eigenvalue weighted by Gasteiger charge is -2.21. The fraction of sp³-hybridized carbons (Fsp3) is 0.579. The molecule has 2 aliphatic rings. The zero-order chi connectivity index (χ0) is 19.9. The van der Waals surface area contributed by atoms with Crippen LogP contribution in [0.3, 0.4) is 0 Å². The van der Waals surface area contributed by atoms with Gasteiger partial charge in [-0.2, -0.15) is 4.31 Å². The number of carbonyl (C=O) groups excluding carboxylic acids is 1. The smallest absolute Gasteiger partial charge is 0.308 e.